The summed E-state index contributed by atoms with van der Waals surface area (Å²) in [6, 6.07) is 7.97. The quantitative estimate of drug-likeness (QED) is 0.200. The van der Waals surface area contributed by atoms with Crippen LogP contribution < -0.4 is 0 Å². The van der Waals surface area contributed by atoms with Crippen LogP contribution in [-0.4, -0.2) is 38.8 Å². The predicted octanol–water partition coefficient (Wildman–Crippen LogP) is 6.84. The summed E-state index contributed by atoms with van der Waals surface area (Å²) < 4.78 is 7.54. The molecule has 0 saturated heterocycles. The van der Waals surface area contributed by atoms with Gasteiger partial charge in [0.05, 0.1) is 19.4 Å². The zero-order valence-corrected chi connectivity index (χ0v) is 22.6. The molecule has 0 aliphatic heterocycles. The van der Waals surface area contributed by atoms with Crippen molar-refractivity contribution in [2.75, 3.05) is 6.54 Å². The number of furan rings is 1. The molecule has 1 saturated carbocycles. The lowest BCUT2D eigenvalue weighted by molar-refractivity contribution is -0.142. The molecule has 1 fully saturated rings. The van der Waals surface area contributed by atoms with Crippen LogP contribution in [0, 0.1) is 0 Å². The van der Waals surface area contributed by atoms with Gasteiger partial charge in [-0.1, -0.05) is 71.1 Å². The van der Waals surface area contributed by atoms with E-state index in [1.807, 2.05) is 47.0 Å². The Labute approximate surface area is 218 Å². The molecule has 2 amide bonds. The van der Waals surface area contributed by atoms with Gasteiger partial charge in [-0.3, -0.25) is 9.59 Å². The normalized spacial score (nSPS) is 13.2. The Morgan fingerprint density at radius 3 is 2.11 bits per heavy atom. The highest BCUT2D eigenvalue weighted by Crippen LogP contribution is 2.28. The number of aromatic nitrogens is 1. The van der Waals surface area contributed by atoms with Crippen molar-refractivity contribution in [2.24, 2.45) is 7.05 Å². The summed E-state index contributed by atoms with van der Waals surface area (Å²) in [7, 11) is 1.98. The van der Waals surface area contributed by atoms with Crippen LogP contribution in [0.1, 0.15) is 108 Å². The van der Waals surface area contributed by atoms with Gasteiger partial charge in [-0.25, -0.2) is 0 Å². The lowest BCUT2D eigenvalue weighted by Crippen LogP contribution is -2.43. The highest BCUT2D eigenvalue weighted by atomic mass is 16.3. The second kappa shape index (κ2) is 15.6. The third kappa shape index (κ3) is 9.87. The Balaban J connectivity index is 1.41. The van der Waals surface area contributed by atoms with E-state index in [9.17, 15) is 9.59 Å². The van der Waals surface area contributed by atoms with E-state index in [0.717, 1.165) is 37.1 Å². The number of amides is 2. The molecule has 0 spiro atoms. The monoisotopic (exact) mass is 497 g/mol. The van der Waals surface area contributed by atoms with Gasteiger partial charge in [0.25, 0.3) is 0 Å². The molecule has 6 nitrogen and oxygen atoms in total. The maximum atomic E-state index is 13.4. The fraction of sp³-hybridized carbons (Fsp3) is 0.667. The third-order valence-corrected chi connectivity index (χ3v) is 7.29. The molecular formula is C30H47N3O3. The van der Waals surface area contributed by atoms with E-state index < -0.39 is 0 Å². The van der Waals surface area contributed by atoms with Crippen molar-refractivity contribution < 1.29 is 14.0 Å². The van der Waals surface area contributed by atoms with Crippen LogP contribution in [0.2, 0.25) is 0 Å². The first-order valence-corrected chi connectivity index (χ1v) is 14.3. The molecule has 1 aliphatic carbocycles. The first-order valence-electron chi connectivity index (χ1n) is 14.3. The van der Waals surface area contributed by atoms with E-state index in [4.69, 9.17) is 4.42 Å². The lowest BCUT2D eigenvalue weighted by Gasteiger charge is -2.27. The Morgan fingerprint density at radius 1 is 0.889 bits per heavy atom. The molecule has 0 radical (unpaired) electrons. The van der Waals surface area contributed by atoms with Crippen molar-refractivity contribution in [3.05, 3.63) is 48.2 Å². The third-order valence-electron chi connectivity index (χ3n) is 7.29. The van der Waals surface area contributed by atoms with Crippen molar-refractivity contribution in [3.8, 4) is 0 Å². The number of unbranched alkanes of at least 4 members (excludes halogenated alkanes) is 10. The van der Waals surface area contributed by atoms with E-state index in [2.05, 4.69) is 6.92 Å². The van der Waals surface area contributed by atoms with Gasteiger partial charge in [-0.05, 0) is 43.5 Å². The molecule has 0 aromatic carbocycles. The molecule has 6 heteroatoms. The summed E-state index contributed by atoms with van der Waals surface area (Å²) in [5, 5.41) is 0. The van der Waals surface area contributed by atoms with Gasteiger partial charge in [0.1, 0.15) is 12.3 Å². The first-order chi connectivity index (χ1) is 17.6. The molecule has 2 aromatic heterocycles. The van der Waals surface area contributed by atoms with Gasteiger partial charge >= 0.3 is 0 Å². The van der Waals surface area contributed by atoms with E-state index >= 15 is 0 Å². The van der Waals surface area contributed by atoms with E-state index in [1.54, 1.807) is 11.2 Å². The molecule has 3 rings (SSSR count). The van der Waals surface area contributed by atoms with E-state index in [0.29, 0.717) is 19.5 Å². The maximum Gasteiger partial charge on any atom is 0.242 e. The van der Waals surface area contributed by atoms with Gasteiger partial charge in [0, 0.05) is 31.4 Å². The molecule has 0 atom stereocenters. The molecule has 2 heterocycles. The van der Waals surface area contributed by atoms with E-state index in [-0.39, 0.29) is 24.4 Å². The summed E-state index contributed by atoms with van der Waals surface area (Å²) in [4.78, 5) is 30.1. The second-order valence-corrected chi connectivity index (χ2v) is 10.5. The topological polar surface area (TPSA) is 58.7 Å². The minimum absolute atomic E-state index is 0.0215. The number of rotatable bonds is 19. The van der Waals surface area contributed by atoms with Crippen molar-refractivity contribution in [2.45, 2.75) is 116 Å². The number of nitrogens with zero attached hydrogens (tertiary/aromatic N) is 3. The summed E-state index contributed by atoms with van der Waals surface area (Å²) in [5.41, 5.74) is 1.06. The Kier molecular flexibility index (Phi) is 12.1. The molecule has 0 N–H and O–H groups in total. The van der Waals surface area contributed by atoms with Crippen molar-refractivity contribution in [1.29, 1.82) is 0 Å². The predicted molar refractivity (Wildman–Crippen MR) is 144 cm³/mol. The highest BCUT2D eigenvalue weighted by molar-refractivity contribution is 5.85. The second-order valence-electron chi connectivity index (χ2n) is 10.5. The molecular weight excluding hydrogens is 450 g/mol. The first kappa shape index (κ1) is 28.1. The molecule has 200 valence electrons. The Hall–Kier alpha value is -2.50. The average Bonchev–Trinajstić information content (AvgIpc) is 3.43. The molecule has 1 aliphatic rings. The van der Waals surface area contributed by atoms with Crippen molar-refractivity contribution >= 4 is 11.8 Å². The van der Waals surface area contributed by atoms with Crippen LogP contribution in [0.15, 0.2) is 41.1 Å². The Bertz CT molecular complexity index is 885. The van der Waals surface area contributed by atoms with Crippen LogP contribution in [0.5, 0.6) is 0 Å². The van der Waals surface area contributed by atoms with Crippen LogP contribution in [0.25, 0.3) is 0 Å². The van der Waals surface area contributed by atoms with Crippen molar-refractivity contribution in [1.82, 2.24) is 14.4 Å². The molecule has 2 aromatic rings. The standard InChI is InChI=1S/C30H47N3O3/c1-3-4-5-6-7-8-9-10-11-12-13-18-29(34)33(26-19-20-26)25-30(35)32(24-28-17-15-22-36-28)23-27-16-14-21-31(27)2/h14-17,21-22,26H,3-13,18-20,23-25H2,1-2H3. The minimum atomic E-state index is -0.0215. The SMILES string of the molecule is CCCCCCCCCCCCCC(=O)N(CC(=O)N(Cc1ccco1)Cc1cccn1C)C1CC1. The number of aryl methyl sites for hydroxylation is 1. The van der Waals surface area contributed by atoms with Gasteiger partial charge in [0.15, 0.2) is 0 Å². The van der Waals surface area contributed by atoms with Gasteiger partial charge in [-0.2, -0.15) is 0 Å². The minimum Gasteiger partial charge on any atom is -0.467 e. The van der Waals surface area contributed by atoms with Gasteiger partial charge in [0.2, 0.25) is 11.8 Å². The summed E-state index contributed by atoms with van der Waals surface area (Å²) in [5.74, 6) is 0.869. The average molecular weight is 498 g/mol. The number of hydrogen-bond donors (Lipinski definition) is 0. The molecule has 0 unspecified atom stereocenters. The smallest absolute Gasteiger partial charge is 0.242 e. The summed E-state index contributed by atoms with van der Waals surface area (Å²) >= 11 is 0. The van der Waals surface area contributed by atoms with Crippen LogP contribution in [-0.2, 0) is 29.7 Å². The van der Waals surface area contributed by atoms with E-state index in [1.165, 1.54) is 57.8 Å². The van der Waals surface area contributed by atoms with Gasteiger partial charge < -0.3 is 18.8 Å². The fourth-order valence-corrected chi connectivity index (χ4v) is 4.82. The largest absolute Gasteiger partial charge is 0.467 e. The number of carbonyl (C=O) groups excluding carboxylic acids is 2. The Morgan fingerprint density at radius 2 is 1.56 bits per heavy atom. The zero-order chi connectivity index (χ0) is 25.6. The molecule has 36 heavy (non-hydrogen) atoms. The fourth-order valence-electron chi connectivity index (χ4n) is 4.82. The zero-order valence-electron chi connectivity index (χ0n) is 22.6. The van der Waals surface area contributed by atoms with Crippen LogP contribution in [0.3, 0.4) is 0 Å². The summed E-state index contributed by atoms with van der Waals surface area (Å²) in [6.45, 7) is 3.32. The summed E-state index contributed by atoms with van der Waals surface area (Å²) in [6.07, 6.45) is 20.1. The lowest BCUT2D eigenvalue weighted by atomic mass is 10.1. The van der Waals surface area contributed by atoms with Crippen LogP contribution in [0.4, 0.5) is 0 Å². The number of hydrogen-bond acceptors (Lipinski definition) is 3. The van der Waals surface area contributed by atoms with Crippen molar-refractivity contribution in [3.63, 3.8) is 0 Å². The van der Waals surface area contributed by atoms with Gasteiger partial charge in [-0.15, -0.1) is 0 Å². The van der Waals surface area contributed by atoms with Crippen LogP contribution >= 0.6 is 0 Å². The molecule has 0 bridgehead atoms. The highest BCUT2D eigenvalue weighted by Gasteiger charge is 2.34. The number of carbonyl (C=O) groups is 2. The maximum absolute atomic E-state index is 13.4.